The molecule has 1 heterocycles. The zero-order valence-electron chi connectivity index (χ0n) is 20.1. The average Bonchev–Trinajstić information content (AvgIpc) is 3.27. The minimum atomic E-state index is -0.558. The number of carbonyl (C=O) groups excluding carboxylic acids is 2. The summed E-state index contributed by atoms with van der Waals surface area (Å²) in [5, 5.41) is 11.9. The number of hydrogen-bond acceptors (Lipinski definition) is 6. The van der Waals surface area contributed by atoms with Gasteiger partial charge in [-0.1, -0.05) is 23.3 Å². The Morgan fingerprint density at radius 2 is 1.46 bits per heavy atom. The van der Waals surface area contributed by atoms with E-state index in [0.717, 1.165) is 0 Å². The Bertz CT molecular complexity index is 1210. The summed E-state index contributed by atoms with van der Waals surface area (Å²) >= 11 is 0. The Kier molecular flexibility index (Phi) is 11.6. The zero-order valence-corrected chi connectivity index (χ0v) is 22.3. The van der Waals surface area contributed by atoms with Crippen LogP contribution in [0.2, 0.25) is 0 Å². The lowest BCUT2D eigenvalue weighted by Gasteiger charge is -2.13. The SMILES string of the molecule is CC(=O)c1c(F)cccc1-n1nccn1.CC(=O)c1c(F)cccc1CN=C/C=N/[N+](C)(C)C.[I-]. The van der Waals surface area contributed by atoms with Crippen molar-refractivity contribution in [3.8, 4) is 5.69 Å². The molecule has 0 saturated carbocycles. The van der Waals surface area contributed by atoms with Crippen LogP contribution in [0.15, 0.2) is 58.9 Å². The van der Waals surface area contributed by atoms with Crippen molar-refractivity contribution in [2.75, 3.05) is 21.1 Å². The van der Waals surface area contributed by atoms with E-state index in [1.54, 1.807) is 30.6 Å². The van der Waals surface area contributed by atoms with Crippen molar-refractivity contribution in [1.82, 2.24) is 15.0 Å². The number of halogens is 3. The molecule has 0 radical (unpaired) electrons. The molecular weight excluding hydrogens is 569 g/mol. The Morgan fingerprint density at radius 1 is 0.914 bits per heavy atom. The van der Waals surface area contributed by atoms with Crippen molar-refractivity contribution in [2.24, 2.45) is 10.1 Å². The Balaban J connectivity index is 0.000000348. The van der Waals surface area contributed by atoms with Crippen molar-refractivity contribution in [3.63, 3.8) is 0 Å². The summed E-state index contributed by atoms with van der Waals surface area (Å²) in [5.74, 6) is -1.69. The van der Waals surface area contributed by atoms with Gasteiger partial charge in [-0.25, -0.2) is 13.4 Å². The van der Waals surface area contributed by atoms with Gasteiger partial charge in [0.15, 0.2) is 11.6 Å². The molecule has 0 aliphatic rings. The van der Waals surface area contributed by atoms with Crippen molar-refractivity contribution in [1.29, 1.82) is 0 Å². The topological polar surface area (TPSA) is 89.6 Å². The molecule has 0 saturated heterocycles. The lowest BCUT2D eigenvalue weighted by atomic mass is 10.0. The molecule has 0 N–H and O–H groups in total. The van der Waals surface area contributed by atoms with E-state index in [4.69, 9.17) is 0 Å². The van der Waals surface area contributed by atoms with Crippen LogP contribution in [0.5, 0.6) is 0 Å². The van der Waals surface area contributed by atoms with Gasteiger partial charge in [0.05, 0.1) is 56.9 Å². The average molecular weight is 596 g/mol. The molecule has 0 spiro atoms. The summed E-state index contributed by atoms with van der Waals surface area (Å²) in [4.78, 5) is 28.0. The summed E-state index contributed by atoms with van der Waals surface area (Å²) in [7, 11) is 5.76. The van der Waals surface area contributed by atoms with Gasteiger partial charge in [-0.2, -0.15) is 15.0 Å². The molecule has 3 rings (SSSR count). The number of hydrogen-bond donors (Lipinski definition) is 0. The van der Waals surface area contributed by atoms with Crippen molar-refractivity contribution in [3.05, 3.63) is 77.1 Å². The lowest BCUT2D eigenvalue weighted by Crippen LogP contribution is -3.00. The van der Waals surface area contributed by atoms with Gasteiger partial charge in [-0.15, -0.1) is 0 Å². The van der Waals surface area contributed by atoms with Gasteiger partial charge in [-0.05, 0) is 37.6 Å². The van der Waals surface area contributed by atoms with Crippen LogP contribution < -0.4 is 24.0 Å². The van der Waals surface area contributed by atoms with Crippen LogP contribution in [0.3, 0.4) is 0 Å². The van der Waals surface area contributed by atoms with Crippen LogP contribution in [-0.2, 0) is 6.54 Å². The second-order valence-corrected chi connectivity index (χ2v) is 8.03. The Morgan fingerprint density at radius 3 is 2.00 bits per heavy atom. The van der Waals surface area contributed by atoms with E-state index < -0.39 is 11.6 Å². The molecule has 0 amide bonds. The molecule has 0 aliphatic heterocycles. The number of benzene rings is 2. The molecule has 0 fully saturated rings. The van der Waals surface area contributed by atoms with E-state index in [-0.39, 0.29) is 53.2 Å². The normalized spacial score (nSPS) is 11.2. The van der Waals surface area contributed by atoms with Gasteiger partial charge >= 0.3 is 0 Å². The van der Waals surface area contributed by atoms with Crippen LogP contribution in [0.1, 0.15) is 40.1 Å². The van der Waals surface area contributed by atoms with E-state index in [1.807, 2.05) is 21.1 Å². The lowest BCUT2D eigenvalue weighted by molar-refractivity contribution is -0.876. The molecule has 0 bridgehead atoms. The number of nitrogens with zero attached hydrogens (tertiary/aromatic N) is 6. The highest BCUT2D eigenvalue weighted by Gasteiger charge is 2.15. The van der Waals surface area contributed by atoms with Crippen LogP contribution in [0.25, 0.3) is 5.69 Å². The van der Waals surface area contributed by atoms with Crippen molar-refractivity contribution in [2.45, 2.75) is 20.4 Å². The molecule has 186 valence electrons. The predicted molar refractivity (Wildman–Crippen MR) is 126 cm³/mol. The Hall–Kier alpha value is -3.19. The maximum atomic E-state index is 13.5. The molecule has 8 nitrogen and oxygen atoms in total. The van der Waals surface area contributed by atoms with Crippen LogP contribution in [-0.4, -0.2) is 64.7 Å². The standard InChI is InChI=1S/C14H19FN3O.C10H8FN3O.HI/c1-11(19)14-12(6-5-7-13(14)15)10-16-8-9-17-18(2,3)4;1-7(15)10-8(11)3-2-4-9(10)14-12-5-6-13-14;/h5-9H,10H2,1-4H3;2-6H,1H3;1H/q+1;;/p-1/b16-8?,17-9+;;. The minimum absolute atomic E-state index is 0. The fourth-order valence-electron chi connectivity index (χ4n) is 2.89. The van der Waals surface area contributed by atoms with Crippen molar-refractivity contribution < 1.29 is 46.9 Å². The number of aromatic nitrogens is 3. The Labute approximate surface area is 220 Å². The van der Waals surface area contributed by atoms with Gasteiger partial charge < -0.3 is 24.0 Å². The number of rotatable bonds is 7. The first-order chi connectivity index (χ1) is 16.0. The largest absolute Gasteiger partial charge is 1.00 e. The highest BCUT2D eigenvalue weighted by molar-refractivity contribution is 6.15. The van der Waals surface area contributed by atoms with Gasteiger partial charge in [0.25, 0.3) is 0 Å². The predicted octanol–water partition coefficient (Wildman–Crippen LogP) is 0.904. The number of Topliss-reactive ketones (excluding diaryl/α,β-unsaturated/α-hetero) is 2. The fourth-order valence-corrected chi connectivity index (χ4v) is 2.89. The summed E-state index contributed by atoms with van der Waals surface area (Å²) in [5.41, 5.74) is 1.06. The fraction of sp³-hybridized carbons (Fsp3) is 0.250. The number of aliphatic imine (C=N–C) groups is 1. The van der Waals surface area contributed by atoms with E-state index in [0.29, 0.717) is 15.8 Å². The van der Waals surface area contributed by atoms with Crippen LogP contribution in [0, 0.1) is 11.6 Å². The maximum Gasteiger partial charge on any atom is 0.164 e. The summed E-state index contributed by atoms with van der Waals surface area (Å²) in [6, 6.07) is 8.91. The second-order valence-electron chi connectivity index (χ2n) is 8.03. The van der Waals surface area contributed by atoms with Crippen molar-refractivity contribution >= 4 is 24.0 Å². The van der Waals surface area contributed by atoms with Gasteiger partial charge in [0.2, 0.25) is 0 Å². The van der Waals surface area contributed by atoms with Crippen LogP contribution in [0.4, 0.5) is 8.78 Å². The molecular formula is C24H27F2IN6O2. The monoisotopic (exact) mass is 596 g/mol. The molecule has 1 aromatic heterocycles. The molecule has 11 heteroatoms. The van der Waals surface area contributed by atoms with E-state index in [1.165, 1.54) is 49.2 Å². The van der Waals surface area contributed by atoms with Gasteiger partial charge in [0, 0.05) is 6.21 Å². The highest BCUT2D eigenvalue weighted by Crippen LogP contribution is 2.17. The van der Waals surface area contributed by atoms with Crippen LogP contribution >= 0.6 is 0 Å². The smallest absolute Gasteiger partial charge is 0.164 e. The minimum Gasteiger partial charge on any atom is -1.00 e. The van der Waals surface area contributed by atoms with E-state index >= 15 is 0 Å². The second kappa shape index (κ2) is 13.6. The highest BCUT2D eigenvalue weighted by atomic mass is 127. The number of carbonyl (C=O) groups is 2. The quantitative estimate of drug-likeness (QED) is 0.133. The first kappa shape index (κ1) is 29.8. The molecule has 0 aliphatic carbocycles. The number of ketones is 2. The third kappa shape index (κ3) is 9.17. The first-order valence-electron chi connectivity index (χ1n) is 10.3. The number of quaternary nitrogens is 1. The maximum absolute atomic E-state index is 13.5. The summed E-state index contributed by atoms with van der Waals surface area (Å²) < 4.78 is 27.4. The third-order valence-corrected chi connectivity index (χ3v) is 4.28. The van der Waals surface area contributed by atoms with Gasteiger partial charge in [-0.3, -0.25) is 14.6 Å². The van der Waals surface area contributed by atoms with E-state index in [2.05, 4.69) is 20.3 Å². The summed E-state index contributed by atoms with van der Waals surface area (Å²) in [6.07, 6.45) is 6.08. The zero-order chi connectivity index (χ0) is 25.3. The third-order valence-electron chi connectivity index (χ3n) is 4.28. The molecule has 3 aromatic rings. The molecule has 0 unspecified atom stereocenters. The first-order valence-corrected chi connectivity index (χ1v) is 10.3. The molecule has 2 aromatic carbocycles. The van der Waals surface area contributed by atoms with E-state index in [9.17, 15) is 18.4 Å². The van der Waals surface area contributed by atoms with Gasteiger partial charge in [0.1, 0.15) is 17.8 Å². The molecule has 35 heavy (non-hydrogen) atoms. The summed E-state index contributed by atoms with van der Waals surface area (Å²) in [6.45, 7) is 2.92. The molecule has 0 atom stereocenters.